The molecule has 1 N–H and O–H groups in total. The Hall–Kier alpha value is -6.76. The van der Waals surface area contributed by atoms with E-state index in [1.54, 1.807) is 0 Å². The van der Waals surface area contributed by atoms with E-state index < -0.39 is 6.17 Å². The minimum atomic E-state index is -0.488. The zero-order valence-corrected chi connectivity index (χ0v) is 31.8. The fraction of sp³-hybridized carbons (Fsp3) is 0.0980. The number of fused-ring (bicyclic) bond motifs is 9. The van der Waals surface area contributed by atoms with Crippen LogP contribution in [0.15, 0.2) is 184 Å². The minimum Gasteiger partial charge on any atom is -0.455 e. The first-order chi connectivity index (χ1) is 28.2. The summed E-state index contributed by atoms with van der Waals surface area (Å²) in [4.78, 5) is 12.9. The van der Waals surface area contributed by atoms with E-state index in [1.165, 1.54) is 43.5 Å². The van der Waals surface area contributed by atoms with Gasteiger partial charge in [0.05, 0.1) is 6.04 Å². The summed E-state index contributed by atoms with van der Waals surface area (Å²) in [6.45, 7) is 0. The molecule has 0 saturated carbocycles. The number of allylic oxidation sites excluding steroid dienone is 1. The molecule has 4 heterocycles. The number of nitrogens with one attached hydrogen (secondary N) is 1. The number of benzene rings is 7. The fourth-order valence-corrected chi connectivity index (χ4v) is 10.5. The van der Waals surface area contributed by atoms with Gasteiger partial charge in [0.25, 0.3) is 0 Å². The molecular weight excluding hydrogens is 717 g/mol. The van der Waals surface area contributed by atoms with Crippen LogP contribution in [0, 0.1) is 0 Å². The highest BCUT2D eigenvalue weighted by atomic mass is 32.1. The highest BCUT2D eigenvalue weighted by Gasteiger charge is 2.38. The first kappa shape index (κ1) is 32.5. The van der Waals surface area contributed by atoms with Crippen LogP contribution in [0.1, 0.15) is 47.2 Å². The van der Waals surface area contributed by atoms with Crippen molar-refractivity contribution < 1.29 is 4.42 Å². The number of amidine groups is 2. The topological polar surface area (TPSA) is 53.1 Å². The zero-order chi connectivity index (χ0) is 37.5. The summed E-state index contributed by atoms with van der Waals surface area (Å²) < 4.78 is 9.53. The first-order valence-corrected chi connectivity index (χ1v) is 20.6. The lowest BCUT2D eigenvalue weighted by atomic mass is 9.86. The van der Waals surface area contributed by atoms with Gasteiger partial charge in [0.1, 0.15) is 22.8 Å². The van der Waals surface area contributed by atoms with Crippen molar-refractivity contribution >= 4 is 76.5 Å². The molecule has 57 heavy (non-hydrogen) atoms. The highest BCUT2D eigenvalue weighted by Crippen LogP contribution is 2.50. The number of hydrogen-bond donors (Lipinski definition) is 1. The fourth-order valence-electron chi connectivity index (χ4n) is 9.34. The highest BCUT2D eigenvalue weighted by molar-refractivity contribution is 7.25. The Morgan fingerprint density at radius 2 is 1.25 bits per heavy atom. The van der Waals surface area contributed by atoms with Crippen LogP contribution in [0.25, 0.3) is 53.2 Å². The summed E-state index contributed by atoms with van der Waals surface area (Å²) in [5, 5.41) is 8.24. The van der Waals surface area contributed by atoms with Gasteiger partial charge in [-0.15, -0.1) is 11.3 Å². The second kappa shape index (κ2) is 12.9. The summed E-state index contributed by atoms with van der Waals surface area (Å²) in [7, 11) is 0. The number of furan rings is 1. The van der Waals surface area contributed by atoms with Crippen molar-refractivity contribution in [3.8, 4) is 11.1 Å². The van der Waals surface area contributed by atoms with Crippen LogP contribution in [0.4, 0.5) is 11.4 Å². The molecule has 6 heteroatoms. The predicted molar refractivity (Wildman–Crippen MR) is 237 cm³/mol. The molecule has 2 aliphatic heterocycles. The predicted octanol–water partition coefficient (Wildman–Crippen LogP) is 13.1. The Morgan fingerprint density at radius 3 is 2.04 bits per heavy atom. The molecule has 0 radical (unpaired) electrons. The van der Waals surface area contributed by atoms with Gasteiger partial charge in [-0.1, -0.05) is 146 Å². The standard InChI is InChI=1S/C51H36N4OS/c1-3-13-31(14-4-1)49-52-50(32-15-5-2-6-16-32)54-51(53-49)42-22-12-21-41-40-20-11-19-35(47(40)56-48(41)42)33-25-27-38-39-28-26-34(30-46(39)57-45(38)29-33)55-43-23-9-7-17-36(43)37-18-8-10-24-44(37)55/h1-7,9-17,19-30,37,44,51H,8,18H2,(H,52,53,54). The average molecular weight is 753 g/mol. The average Bonchev–Trinajstić information content (AvgIpc) is 3.96. The third-order valence-corrected chi connectivity index (χ3v) is 13.1. The van der Waals surface area contributed by atoms with Crippen molar-refractivity contribution in [1.82, 2.24) is 5.32 Å². The second-order valence-electron chi connectivity index (χ2n) is 15.2. The first-order valence-electron chi connectivity index (χ1n) is 19.7. The molecule has 0 spiro atoms. The molecule has 2 aromatic heterocycles. The van der Waals surface area contributed by atoms with Crippen molar-refractivity contribution in [1.29, 1.82) is 0 Å². The van der Waals surface area contributed by atoms with Crippen LogP contribution in [0.5, 0.6) is 0 Å². The van der Waals surface area contributed by atoms with Gasteiger partial charge in [-0.2, -0.15) is 0 Å². The van der Waals surface area contributed by atoms with E-state index in [1.807, 2.05) is 47.7 Å². The van der Waals surface area contributed by atoms with Gasteiger partial charge >= 0.3 is 0 Å². The Morgan fingerprint density at radius 1 is 0.579 bits per heavy atom. The van der Waals surface area contributed by atoms with Gasteiger partial charge in [0, 0.05) is 70.5 Å². The van der Waals surface area contributed by atoms with Crippen LogP contribution in [-0.4, -0.2) is 17.7 Å². The molecular formula is C51H36N4OS. The Labute approximate surface area is 333 Å². The number of anilines is 2. The SMILES string of the molecule is C1=CC2C(CC1)c1ccccc1N2c1ccc2c(c1)sc1cc(-c3cccc4c3oc3c(C5N=C(c6ccccc6)NC(c6ccccc6)=N5)cccc34)ccc12. The molecule has 0 fully saturated rings. The third kappa shape index (κ3) is 5.21. The van der Waals surface area contributed by atoms with Gasteiger partial charge in [0.15, 0.2) is 6.17 Å². The van der Waals surface area contributed by atoms with Gasteiger partial charge in [0.2, 0.25) is 0 Å². The van der Waals surface area contributed by atoms with Gasteiger partial charge in [-0.25, -0.2) is 9.98 Å². The number of para-hydroxylation sites is 3. The molecule has 7 aromatic carbocycles. The molecule has 5 nitrogen and oxygen atoms in total. The largest absolute Gasteiger partial charge is 0.455 e. The number of rotatable bonds is 5. The van der Waals surface area contributed by atoms with E-state index >= 15 is 0 Å². The zero-order valence-electron chi connectivity index (χ0n) is 31.0. The van der Waals surface area contributed by atoms with Crippen molar-refractivity contribution in [2.75, 3.05) is 4.90 Å². The monoisotopic (exact) mass is 752 g/mol. The molecule has 9 aromatic rings. The Bertz CT molecular complexity index is 3080. The number of nitrogens with zero attached hydrogens (tertiary/aromatic N) is 3. The normalized spacial score (nSPS) is 17.9. The van der Waals surface area contributed by atoms with E-state index in [-0.39, 0.29) is 0 Å². The summed E-state index contributed by atoms with van der Waals surface area (Å²) in [5.41, 5.74) is 10.9. The van der Waals surface area contributed by atoms with E-state index in [0.717, 1.165) is 67.8 Å². The number of thiophene rings is 1. The molecule has 272 valence electrons. The maximum absolute atomic E-state index is 6.95. The van der Waals surface area contributed by atoms with Gasteiger partial charge in [-0.05, 0) is 48.2 Å². The van der Waals surface area contributed by atoms with E-state index in [4.69, 9.17) is 14.4 Å². The van der Waals surface area contributed by atoms with E-state index in [2.05, 4.69) is 144 Å². The van der Waals surface area contributed by atoms with E-state index in [0.29, 0.717) is 12.0 Å². The number of aliphatic imine (C=N–C) groups is 2. The molecule has 2 atom stereocenters. The molecule has 1 aliphatic carbocycles. The summed E-state index contributed by atoms with van der Waals surface area (Å²) in [6, 6.07) is 56.6. The van der Waals surface area contributed by atoms with Crippen LogP contribution < -0.4 is 10.2 Å². The third-order valence-electron chi connectivity index (χ3n) is 12.0. The molecule has 2 unspecified atom stereocenters. The molecule has 0 saturated heterocycles. The number of hydrogen-bond acceptors (Lipinski definition) is 6. The molecule has 12 rings (SSSR count). The van der Waals surface area contributed by atoms with Gasteiger partial charge < -0.3 is 14.6 Å². The van der Waals surface area contributed by atoms with Crippen LogP contribution in [-0.2, 0) is 0 Å². The Kier molecular flexibility index (Phi) is 7.35. The summed E-state index contributed by atoms with van der Waals surface area (Å²) in [5.74, 6) is 2.11. The van der Waals surface area contributed by atoms with Crippen molar-refractivity contribution in [2.45, 2.75) is 31.0 Å². The molecule has 0 bridgehead atoms. The molecule has 0 amide bonds. The van der Waals surface area contributed by atoms with Crippen molar-refractivity contribution in [3.63, 3.8) is 0 Å². The lowest BCUT2D eigenvalue weighted by Gasteiger charge is -2.30. The lowest BCUT2D eigenvalue weighted by molar-refractivity contribution is 0.573. The van der Waals surface area contributed by atoms with Gasteiger partial charge in [-0.3, -0.25) is 0 Å². The maximum atomic E-state index is 6.95. The van der Waals surface area contributed by atoms with Crippen LogP contribution >= 0.6 is 11.3 Å². The van der Waals surface area contributed by atoms with Crippen LogP contribution in [0.3, 0.4) is 0 Å². The smallest absolute Gasteiger partial charge is 0.173 e. The maximum Gasteiger partial charge on any atom is 0.173 e. The quantitative estimate of drug-likeness (QED) is 0.178. The van der Waals surface area contributed by atoms with Crippen molar-refractivity contribution in [2.24, 2.45) is 9.98 Å². The van der Waals surface area contributed by atoms with E-state index in [9.17, 15) is 0 Å². The Balaban J connectivity index is 0.953. The molecule has 3 aliphatic rings. The minimum absolute atomic E-state index is 0.365. The summed E-state index contributed by atoms with van der Waals surface area (Å²) >= 11 is 1.87. The second-order valence-corrected chi connectivity index (χ2v) is 16.3. The van der Waals surface area contributed by atoms with Crippen LogP contribution in [0.2, 0.25) is 0 Å². The lowest BCUT2D eigenvalue weighted by Crippen LogP contribution is -2.36. The summed E-state index contributed by atoms with van der Waals surface area (Å²) in [6.07, 6.45) is 6.65. The van der Waals surface area contributed by atoms with Crippen molar-refractivity contribution in [3.05, 3.63) is 192 Å².